The summed E-state index contributed by atoms with van der Waals surface area (Å²) in [5, 5.41) is 22.4. The van der Waals surface area contributed by atoms with Crippen molar-refractivity contribution in [2.24, 2.45) is 0 Å². The summed E-state index contributed by atoms with van der Waals surface area (Å²) >= 11 is 9.27. The molecule has 0 fully saturated rings. The highest BCUT2D eigenvalue weighted by Gasteiger charge is 2.14. The van der Waals surface area contributed by atoms with Crippen LogP contribution in [0.5, 0.6) is 5.75 Å². The van der Waals surface area contributed by atoms with Crippen molar-refractivity contribution in [3.05, 3.63) is 67.1 Å². The van der Waals surface area contributed by atoms with E-state index in [2.05, 4.69) is 21.2 Å². The summed E-state index contributed by atoms with van der Waals surface area (Å²) in [5.74, 6) is -0.0713. The Bertz CT molecular complexity index is 954. The quantitative estimate of drug-likeness (QED) is 0.320. The minimum atomic E-state index is -0.685. The van der Waals surface area contributed by atoms with Crippen LogP contribution in [0.4, 0.5) is 11.4 Å². The third-order valence-corrected chi connectivity index (χ3v) is 4.20. The molecular weight excluding hydrogens is 426 g/mol. The van der Waals surface area contributed by atoms with Crippen LogP contribution in [0.3, 0.4) is 0 Å². The van der Waals surface area contributed by atoms with Crippen LogP contribution in [0.1, 0.15) is 5.56 Å². The Morgan fingerprint density at radius 1 is 1.38 bits per heavy atom. The Labute approximate surface area is 162 Å². The lowest BCUT2D eigenvalue weighted by Crippen LogP contribution is -2.13. The first-order chi connectivity index (χ1) is 12.3. The second kappa shape index (κ2) is 8.47. The van der Waals surface area contributed by atoms with Gasteiger partial charge in [0.05, 0.1) is 27.2 Å². The first-order valence-electron chi connectivity index (χ1n) is 7.06. The third-order valence-electron chi connectivity index (χ3n) is 3.26. The Hall–Kier alpha value is -2.89. The smallest absolute Gasteiger partial charge is 0.271 e. The van der Waals surface area contributed by atoms with Gasteiger partial charge in [0.25, 0.3) is 11.6 Å². The zero-order valence-electron chi connectivity index (χ0n) is 13.3. The number of anilines is 1. The third kappa shape index (κ3) is 4.59. The number of methoxy groups -OCH3 is 1. The standard InChI is InChI=1S/C17H11BrClN3O4/c1-26-16-5-2-10(7-13(16)18)6-11(9-20)17(23)21-15-4-3-12(22(24)25)8-14(15)19/h2-8H,1H3,(H,21,23). The predicted molar refractivity (Wildman–Crippen MR) is 101 cm³/mol. The Morgan fingerprint density at radius 2 is 2.12 bits per heavy atom. The van der Waals surface area contributed by atoms with Crippen molar-refractivity contribution in [2.75, 3.05) is 12.4 Å². The minimum absolute atomic E-state index is 0.00275. The molecule has 1 amide bonds. The van der Waals surface area contributed by atoms with Crippen LogP contribution >= 0.6 is 27.5 Å². The van der Waals surface area contributed by atoms with E-state index in [1.807, 2.05) is 6.07 Å². The zero-order valence-corrected chi connectivity index (χ0v) is 15.7. The van der Waals surface area contributed by atoms with Crippen LogP contribution in [-0.4, -0.2) is 17.9 Å². The van der Waals surface area contributed by atoms with E-state index in [-0.39, 0.29) is 22.0 Å². The maximum absolute atomic E-state index is 12.3. The molecule has 2 rings (SSSR count). The molecule has 0 heterocycles. The van der Waals surface area contributed by atoms with Crippen molar-refractivity contribution in [3.8, 4) is 11.8 Å². The van der Waals surface area contributed by atoms with E-state index in [0.717, 1.165) is 6.07 Å². The highest BCUT2D eigenvalue weighted by molar-refractivity contribution is 9.10. The van der Waals surface area contributed by atoms with Crippen molar-refractivity contribution >= 4 is 50.9 Å². The van der Waals surface area contributed by atoms with Gasteiger partial charge in [0.1, 0.15) is 17.4 Å². The normalized spacial score (nSPS) is 10.8. The molecule has 9 heteroatoms. The molecule has 0 saturated carbocycles. The van der Waals surface area contributed by atoms with Gasteiger partial charge in [0.2, 0.25) is 0 Å². The number of non-ortho nitro benzene ring substituents is 1. The molecule has 0 spiro atoms. The summed E-state index contributed by atoms with van der Waals surface area (Å²) in [7, 11) is 1.53. The highest BCUT2D eigenvalue weighted by Crippen LogP contribution is 2.28. The number of nitrogens with one attached hydrogen (secondary N) is 1. The Morgan fingerprint density at radius 3 is 2.65 bits per heavy atom. The number of nitro groups is 1. The van der Waals surface area contributed by atoms with Crippen LogP contribution < -0.4 is 10.1 Å². The van der Waals surface area contributed by atoms with Gasteiger partial charge in [-0.05, 0) is 45.8 Å². The molecule has 2 aromatic carbocycles. The number of carbonyl (C=O) groups excluding carboxylic acids is 1. The van der Waals surface area contributed by atoms with Crippen LogP contribution in [0.2, 0.25) is 5.02 Å². The van der Waals surface area contributed by atoms with Gasteiger partial charge in [-0.1, -0.05) is 17.7 Å². The molecule has 0 aromatic heterocycles. The fourth-order valence-electron chi connectivity index (χ4n) is 2.00. The molecule has 0 atom stereocenters. The van der Waals surface area contributed by atoms with Crippen LogP contribution in [-0.2, 0) is 4.79 Å². The number of carbonyl (C=O) groups is 1. The average molecular weight is 437 g/mol. The molecule has 0 saturated heterocycles. The number of benzene rings is 2. The van der Waals surface area contributed by atoms with Crippen molar-refractivity contribution in [3.63, 3.8) is 0 Å². The summed E-state index contributed by atoms with van der Waals surface area (Å²) < 4.78 is 5.79. The second-order valence-corrected chi connectivity index (χ2v) is 6.20. The number of nitrogens with zero attached hydrogens (tertiary/aromatic N) is 2. The van der Waals surface area contributed by atoms with Gasteiger partial charge in [-0.2, -0.15) is 5.26 Å². The summed E-state index contributed by atoms with van der Waals surface area (Å²) in [6, 6.07) is 10.5. The maximum Gasteiger partial charge on any atom is 0.271 e. The molecule has 2 aromatic rings. The molecule has 132 valence electrons. The summed E-state index contributed by atoms with van der Waals surface area (Å²) in [4.78, 5) is 22.4. The van der Waals surface area contributed by atoms with Gasteiger partial charge < -0.3 is 10.1 Å². The van der Waals surface area contributed by atoms with Crippen molar-refractivity contribution in [1.29, 1.82) is 5.26 Å². The van der Waals surface area contributed by atoms with Gasteiger partial charge in [0, 0.05) is 12.1 Å². The molecule has 0 radical (unpaired) electrons. The number of halogens is 2. The van der Waals surface area contributed by atoms with Gasteiger partial charge >= 0.3 is 0 Å². The number of amides is 1. The van der Waals surface area contributed by atoms with Gasteiger partial charge in [-0.15, -0.1) is 0 Å². The first kappa shape index (κ1) is 19.4. The zero-order chi connectivity index (χ0) is 19.3. The van der Waals surface area contributed by atoms with E-state index >= 15 is 0 Å². The van der Waals surface area contributed by atoms with E-state index in [0.29, 0.717) is 15.8 Å². The Kier molecular flexibility index (Phi) is 6.33. The van der Waals surface area contributed by atoms with E-state index in [4.69, 9.17) is 16.3 Å². The molecule has 26 heavy (non-hydrogen) atoms. The lowest BCUT2D eigenvalue weighted by molar-refractivity contribution is -0.384. The Balaban J connectivity index is 2.25. The molecule has 0 aliphatic carbocycles. The minimum Gasteiger partial charge on any atom is -0.496 e. The number of hydrogen-bond donors (Lipinski definition) is 1. The molecule has 0 aliphatic heterocycles. The average Bonchev–Trinajstić information content (AvgIpc) is 2.61. The first-order valence-corrected chi connectivity index (χ1v) is 8.23. The van der Waals surface area contributed by atoms with E-state index in [1.165, 1.54) is 25.3 Å². The fourth-order valence-corrected chi connectivity index (χ4v) is 2.78. The SMILES string of the molecule is COc1ccc(C=C(C#N)C(=O)Nc2ccc([N+](=O)[O-])cc2Cl)cc1Br. The number of hydrogen-bond acceptors (Lipinski definition) is 5. The van der Waals surface area contributed by atoms with E-state index in [1.54, 1.807) is 18.2 Å². The number of nitro benzene ring substituents is 1. The second-order valence-electron chi connectivity index (χ2n) is 4.94. The topological polar surface area (TPSA) is 105 Å². The monoisotopic (exact) mass is 435 g/mol. The van der Waals surface area contributed by atoms with Crippen LogP contribution in [0.15, 0.2) is 46.4 Å². The van der Waals surface area contributed by atoms with Crippen molar-refractivity contribution < 1.29 is 14.5 Å². The van der Waals surface area contributed by atoms with Gasteiger partial charge in [-0.3, -0.25) is 14.9 Å². The molecule has 7 nitrogen and oxygen atoms in total. The number of nitriles is 1. The fraction of sp³-hybridized carbons (Fsp3) is 0.0588. The molecule has 0 bridgehead atoms. The van der Waals surface area contributed by atoms with Gasteiger partial charge in [-0.25, -0.2) is 0 Å². The van der Waals surface area contributed by atoms with E-state index in [9.17, 15) is 20.2 Å². The molecule has 1 N–H and O–H groups in total. The summed E-state index contributed by atoms with van der Waals surface area (Å²) in [5.41, 5.74) is 0.419. The summed E-state index contributed by atoms with van der Waals surface area (Å²) in [6.07, 6.45) is 1.40. The molecule has 0 unspecified atom stereocenters. The largest absolute Gasteiger partial charge is 0.496 e. The molecular formula is C17H11BrClN3O4. The number of rotatable bonds is 5. The van der Waals surface area contributed by atoms with Crippen molar-refractivity contribution in [1.82, 2.24) is 0 Å². The maximum atomic E-state index is 12.3. The van der Waals surface area contributed by atoms with Gasteiger partial charge in [0.15, 0.2) is 0 Å². The lowest BCUT2D eigenvalue weighted by Gasteiger charge is -2.07. The summed E-state index contributed by atoms with van der Waals surface area (Å²) in [6.45, 7) is 0. The number of ether oxygens (including phenoxy) is 1. The van der Waals surface area contributed by atoms with Crippen LogP contribution in [0, 0.1) is 21.4 Å². The molecule has 0 aliphatic rings. The highest BCUT2D eigenvalue weighted by atomic mass is 79.9. The predicted octanol–water partition coefficient (Wildman–Crippen LogP) is 4.56. The van der Waals surface area contributed by atoms with Crippen molar-refractivity contribution in [2.45, 2.75) is 0 Å². The van der Waals surface area contributed by atoms with E-state index < -0.39 is 10.8 Å². The lowest BCUT2D eigenvalue weighted by atomic mass is 10.1. The van der Waals surface area contributed by atoms with Crippen LogP contribution in [0.25, 0.3) is 6.08 Å².